The van der Waals surface area contributed by atoms with Gasteiger partial charge in [-0.3, -0.25) is 4.79 Å². The van der Waals surface area contributed by atoms with Crippen LogP contribution in [0, 0.1) is 5.82 Å². The fourth-order valence-electron chi connectivity index (χ4n) is 2.56. The van der Waals surface area contributed by atoms with E-state index < -0.39 is 5.82 Å². The summed E-state index contributed by atoms with van der Waals surface area (Å²) in [6.07, 6.45) is 0. The van der Waals surface area contributed by atoms with Crippen LogP contribution in [0.25, 0.3) is 22.6 Å². The molecule has 1 heterocycles. The molecule has 4 rings (SSSR count). The van der Waals surface area contributed by atoms with E-state index in [0.717, 1.165) is 4.47 Å². The van der Waals surface area contributed by atoms with Gasteiger partial charge in [0.1, 0.15) is 11.3 Å². The number of oxazole rings is 1. The van der Waals surface area contributed by atoms with Crippen LogP contribution in [0.1, 0.15) is 10.4 Å². The van der Waals surface area contributed by atoms with Gasteiger partial charge in [0.25, 0.3) is 5.91 Å². The van der Waals surface area contributed by atoms with Gasteiger partial charge in [-0.15, -0.1) is 0 Å². The maximum Gasteiger partial charge on any atom is 0.255 e. The minimum atomic E-state index is -0.400. The second-order valence-corrected chi connectivity index (χ2v) is 6.56. The molecular weight excluding hydrogens is 399 g/mol. The van der Waals surface area contributed by atoms with E-state index in [9.17, 15) is 9.18 Å². The number of rotatable bonds is 3. The fourth-order valence-corrected chi connectivity index (χ4v) is 2.82. The van der Waals surface area contributed by atoms with Crippen molar-refractivity contribution in [2.45, 2.75) is 0 Å². The molecule has 0 saturated heterocycles. The Morgan fingerprint density at radius 3 is 2.58 bits per heavy atom. The second kappa shape index (κ2) is 6.72. The summed E-state index contributed by atoms with van der Waals surface area (Å²) in [4.78, 5) is 16.6. The zero-order valence-electron chi connectivity index (χ0n) is 13.4. The molecule has 6 heteroatoms. The molecule has 1 N–H and O–H groups in total. The van der Waals surface area contributed by atoms with Gasteiger partial charge in [-0.2, -0.15) is 0 Å². The standard InChI is InChI=1S/C20H12BrFN2O2/c21-13-7-5-12(6-8-13)19(25)23-14-9-10-18-17(11-14)24-20(26-18)15-3-1-2-4-16(15)22/h1-11H,(H,23,25). The molecule has 1 aromatic heterocycles. The Morgan fingerprint density at radius 2 is 1.81 bits per heavy atom. The topological polar surface area (TPSA) is 55.1 Å². The molecular formula is C20H12BrFN2O2. The number of anilines is 1. The van der Waals surface area contributed by atoms with Gasteiger partial charge in [0.2, 0.25) is 5.89 Å². The highest BCUT2D eigenvalue weighted by Crippen LogP contribution is 2.28. The van der Waals surface area contributed by atoms with Crippen LogP contribution in [0.15, 0.2) is 75.6 Å². The lowest BCUT2D eigenvalue weighted by Crippen LogP contribution is -2.11. The summed E-state index contributed by atoms with van der Waals surface area (Å²) in [6, 6.07) is 18.5. The molecule has 4 nitrogen and oxygen atoms in total. The Balaban J connectivity index is 1.62. The van der Waals surface area contributed by atoms with E-state index in [0.29, 0.717) is 27.9 Å². The summed E-state index contributed by atoms with van der Waals surface area (Å²) in [6.45, 7) is 0. The highest BCUT2D eigenvalue weighted by Gasteiger charge is 2.13. The summed E-state index contributed by atoms with van der Waals surface area (Å²) in [7, 11) is 0. The molecule has 0 aliphatic rings. The molecule has 3 aromatic carbocycles. The first-order chi connectivity index (χ1) is 12.6. The molecule has 128 valence electrons. The first-order valence-electron chi connectivity index (χ1n) is 7.82. The zero-order chi connectivity index (χ0) is 18.1. The number of benzene rings is 3. The average molecular weight is 411 g/mol. The van der Waals surface area contributed by atoms with Crippen LogP contribution in [-0.2, 0) is 0 Å². The molecule has 0 unspecified atom stereocenters. The number of carbonyl (C=O) groups excluding carboxylic acids is 1. The lowest BCUT2D eigenvalue weighted by atomic mass is 10.2. The zero-order valence-corrected chi connectivity index (χ0v) is 15.0. The number of aromatic nitrogens is 1. The van der Waals surface area contributed by atoms with Crippen LogP contribution in [-0.4, -0.2) is 10.9 Å². The van der Waals surface area contributed by atoms with E-state index in [4.69, 9.17) is 4.42 Å². The van der Waals surface area contributed by atoms with Gasteiger partial charge < -0.3 is 9.73 Å². The lowest BCUT2D eigenvalue weighted by molar-refractivity contribution is 0.102. The summed E-state index contributed by atoms with van der Waals surface area (Å²) >= 11 is 3.34. The maximum absolute atomic E-state index is 13.9. The Labute approximate surface area is 156 Å². The lowest BCUT2D eigenvalue weighted by Gasteiger charge is -2.05. The van der Waals surface area contributed by atoms with Crippen molar-refractivity contribution in [1.82, 2.24) is 4.98 Å². The smallest absolute Gasteiger partial charge is 0.255 e. The molecule has 26 heavy (non-hydrogen) atoms. The average Bonchev–Trinajstić information content (AvgIpc) is 3.05. The largest absolute Gasteiger partial charge is 0.436 e. The Bertz CT molecular complexity index is 1110. The first kappa shape index (κ1) is 16.5. The molecule has 0 aliphatic carbocycles. The van der Waals surface area contributed by atoms with Crippen molar-refractivity contribution >= 4 is 38.6 Å². The Morgan fingerprint density at radius 1 is 1.04 bits per heavy atom. The number of hydrogen-bond acceptors (Lipinski definition) is 3. The first-order valence-corrected chi connectivity index (χ1v) is 8.62. The second-order valence-electron chi connectivity index (χ2n) is 5.64. The van der Waals surface area contributed by atoms with Crippen molar-refractivity contribution in [3.63, 3.8) is 0 Å². The molecule has 4 aromatic rings. The Hall–Kier alpha value is -2.99. The third kappa shape index (κ3) is 3.23. The monoisotopic (exact) mass is 410 g/mol. The third-order valence-corrected chi connectivity index (χ3v) is 4.38. The maximum atomic E-state index is 13.9. The van der Waals surface area contributed by atoms with Gasteiger partial charge in [-0.25, -0.2) is 9.37 Å². The van der Waals surface area contributed by atoms with Crippen molar-refractivity contribution in [2.75, 3.05) is 5.32 Å². The number of nitrogens with zero attached hydrogens (tertiary/aromatic N) is 1. The van der Waals surface area contributed by atoms with Crippen LogP contribution in [0.2, 0.25) is 0 Å². The van der Waals surface area contributed by atoms with E-state index in [1.165, 1.54) is 6.07 Å². The SMILES string of the molecule is O=C(Nc1ccc2oc(-c3ccccc3F)nc2c1)c1ccc(Br)cc1. The van der Waals surface area contributed by atoms with Crippen molar-refractivity contribution in [3.8, 4) is 11.5 Å². The number of hydrogen-bond donors (Lipinski definition) is 1. The van der Waals surface area contributed by atoms with E-state index in [2.05, 4.69) is 26.2 Å². The minimum absolute atomic E-state index is 0.203. The number of carbonyl (C=O) groups is 1. The fraction of sp³-hybridized carbons (Fsp3) is 0. The van der Waals surface area contributed by atoms with Crippen LogP contribution in [0.4, 0.5) is 10.1 Å². The van der Waals surface area contributed by atoms with Crippen molar-refractivity contribution in [2.24, 2.45) is 0 Å². The van der Waals surface area contributed by atoms with E-state index in [1.54, 1.807) is 60.7 Å². The van der Waals surface area contributed by atoms with Gasteiger partial charge in [0.15, 0.2) is 5.58 Å². The molecule has 0 bridgehead atoms. The third-order valence-electron chi connectivity index (χ3n) is 3.86. The Kier molecular flexibility index (Phi) is 4.26. The van der Waals surface area contributed by atoms with Crippen LogP contribution in [0.3, 0.4) is 0 Å². The number of amides is 1. The van der Waals surface area contributed by atoms with E-state index in [1.807, 2.05) is 0 Å². The van der Waals surface area contributed by atoms with Gasteiger partial charge in [0.05, 0.1) is 5.56 Å². The number of fused-ring (bicyclic) bond motifs is 1. The molecule has 0 fully saturated rings. The highest BCUT2D eigenvalue weighted by atomic mass is 79.9. The summed E-state index contributed by atoms with van der Waals surface area (Å²) in [5, 5.41) is 2.82. The molecule has 0 saturated carbocycles. The predicted molar refractivity (Wildman–Crippen MR) is 101 cm³/mol. The van der Waals surface area contributed by atoms with Gasteiger partial charge in [-0.1, -0.05) is 28.1 Å². The normalized spacial score (nSPS) is 10.8. The number of nitrogens with one attached hydrogen (secondary N) is 1. The van der Waals surface area contributed by atoms with Crippen LogP contribution in [0.5, 0.6) is 0 Å². The summed E-state index contributed by atoms with van der Waals surface area (Å²) in [5.41, 5.74) is 2.48. The van der Waals surface area contributed by atoms with Crippen molar-refractivity contribution in [3.05, 3.63) is 82.6 Å². The molecule has 0 radical (unpaired) electrons. The predicted octanol–water partition coefficient (Wildman–Crippen LogP) is 5.65. The van der Waals surface area contributed by atoms with Crippen molar-refractivity contribution in [1.29, 1.82) is 0 Å². The quantitative estimate of drug-likeness (QED) is 0.474. The molecule has 0 aliphatic heterocycles. The van der Waals surface area contributed by atoms with E-state index >= 15 is 0 Å². The van der Waals surface area contributed by atoms with Gasteiger partial charge in [-0.05, 0) is 54.6 Å². The number of halogens is 2. The highest BCUT2D eigenvalue weighted by molar-refractivity contribution is 9.10. The molecule has 0 spiro atoms. The molecule has 1 amide bonds. The van der Waals surface area contributed by atoms with E-state index in [-0.39, 0.29) is 11.8 Å². The van der Waals surface area contributed by atoms with Crippen LogP contribution >= 0.6 is 15.9 Å². The minimum Gasteiger partial charge on any atom is -0.436 e. The molecule has 0 atom stereocenters. The van der Waals surface area contributed by atoms with Crippen molar-refractivity contribution < 1.29 is 13.6 Å². The summed E-state index contributed by atoms with van der Waals surface area (Å²) in [5.74, 6) is -0.424. The van der Waals surface area contributed by atoms with Crippen LogP contribution < -0.4 is 5.32 Å². The van der Waals surface area contributed by atoms with Gasteiger partial charge >= 0.3 is 0 Å². The van der Waals surface area contributed by atoms with Gasteiger partial charge in [0, 0.05) is 15.7 Å². The summed E-state index contributed by atoms with van der Waals surface area (Å²) < 4.78 is 20.4.